The summed E-state index contributed by atoms with van der Waals surface area (Å²) in [5.74, 6) is 1.87. The number of hydrogen-bond acceptors (Lipinski definition) is 7. The third kappa shape index (κ3) is 6.20. The summed E-state index contributed by atoms with van der Waals surface area (Å²) >= 11 is 1.54. The lowest BCUT2D eigenvalue weighted by Crippen LogP contribution is -2.23. The van der Waals surface area contributed by atoms with Gasteiger partial charge in [0, 0.05) is 16.9 Å². The van der Waals surface area contributed by atoms with Crippen LogP contribution in [0, 0.1) is 5.82 Å². The van der Waals surface area contributed by atoms with Gasteiger partial charge in [0.25, 0.3) is 0 Å². The van der Waals surface area contributed by atoms with Crippen LogP contribution in [-0.2, 0) is 10.2 Å². The van der Waals surface area contributed by atoms with E-state index in [0.29, 0.717) is 35.2 Å². The van der Waals surface area contributed by atoms with Crippen molar-refractivity contribution in [3.63, 3.8) is 0 Å². The second kappa shape index (κ2) is 12.3. The second-order valence-corrected chi connectivity index (χ2v) is 10.2. The molecule has 9 heteroatoms. The first-order chi connectivity index (χ1) is 18.8. The van der Waals surface area contributed by atoms with Crippen molar-refractivity contribution in [1.29, 1.82) is 0 Å². The number of methoxy groups -OCH3 is 3. The smallest absolute Gasteiger partial charge is 0.337 e. The summed E-state index contributed by atoms with van der Waals surface area (Å²) in [6.45, 7) is 4.65. The van der Waals surface area contributed by atoms with Crippen LogP contribution in [0.25, 0.3) is 5.69 Å². The van der Waals surface area contributed by atoms with E-state index in [-0.39, 0.29) is 5.82 Å². The van der Waals surface area contributed by atoms with Gasteiger partial charge in [-0.3, -0.25) is 4.57 Å². The molecule has 39 heavy (non-hydrogen) atoms. The Morgan fingerprint density at radius 2 is 1.64 bits per heavy atom. The van der Waals surface area contributed by atoms with Gasteiger partial charge >= 0.3 is 5.97 Å². The first-order valence-corrected chi connectivity index (χ1v) is 13.3. The molecular formula is C30H31FN2O5S. The summed E-state index contributed by atoms with van der Waals surface area (Å²) in [6.07, 6.45) is 1.86. The van der Waals surface area contributed by atoms with E-state index >= 15 is 0 Å². The zero-order chi connectivity index (χ0) is 28.0. The number of carbonyl (C=O) groups excluding carboxylic acids is 1. The van der Waals surface area contributed by atoms with Gasteiger partial charge in [0.05, 0.1) is 45.4 Å². The van der Waals surface area contributed by atoms with E-state index in [2.05, 4.69) is 13.8 Å². The van der Waals surface area contributed by atoms with Gasteiger partial charge in [-0.1, -0.05) is 31.7 Å². The number of carbonyl (C=O) groups is 1. The number of esters is 1. The van der Waals surface area contributed by atoms with Crippen LogP contribution in [0.15, 0.2) is 78.1 Å². The number of benzene rings is 3. The van der Waals surface area contributed by atoms with E-state index in [1.807, 2.05) is 29.0 Å². The molecule has 0 N–H and O–H groups in total. The van der Waals surface area contributed by atoms with Gasteiger partial charge in [-0.2, -0.15) is 0 Å². The highest BCUT2D eigenvalue weighted by Crippen LogP contribution is 2.39. The van der Waals surface area contributed by atoms with Crippen molar-refractivity contribution in [3.8, 4) is 22.9 Å². The van der Waals surface area contributed by atoms with Crippen molar-refractivity contribution in [1.82, 2.24) is 9.55 Å². The van der Waals surface area contributed by atoms with Gasteiger partial charge in [-0.15, -0.1) is 0 Å². The molecule has 0 fully saturated rings. The van der Waals surface area contributed by atoms with Crippen LogP contribution in [0.2, 0.25) is 0 Å². The van der Waals surface area contributed by atoms with Crippen LogP contribution in [0.5, 0.6) is 17.2 Å². The first kappa shape index (κ1) is 28.0. The van der Waals surface area contributed by atoms with Crippen LogP contribution in [-0.4, -0.2) is 49.2 Å². The van der Waals surface area contributed by atoms with Crippen LogP contribution in [0.4, 0.5) is 4.39 Å². The predicted molar refractivity (Wildman–Crippen MR) is 149 cm³/mol. The maximum atomic E-state index is 13.8. The van der Waals surface area contributed by atoms with Crippen molar-refractivity contribution in [3.05, 3.63) is 95.6 Å². The number of thioether (sulfide) groups is 1. The highest BCUT2D eigenvalue weighted by molar-refractivity contribution is 7.99. The molecule has 4 aromatic rings. The number of ether oxygens (including phenoxy) is 4. The summed E-state index contributed by atoms with van der Waals surface area (Å²) in [5, 5.41) is 0.759. The molecule has 0 radical (unpaired) electrons. The Balaban J connectivity index is 1.58. The molecule has 0 aliphatic rings. The highest BCUT2D eigenvalue weighted by Gasteiger charge is 2.30. The molecule has 0 aliphatic carbocycles. The average Bonchev–Trinajstić information content (AvgIpc) is 3.40. The molecule has 1 heterocycles. The molecule has 0 atom stereocenters. The molecule has 0 amide bonds. The van der Waals surface area contributed by atoms with Gasteiger partial charge in [-0.25, -0.2) is 14.2 Å². The van der Waals surface area contributed by atoms with E-state index in [1.54, 1.807) is 50.6 Å². The Morgan fingerprint density at radius 3 is 2.28 bits per heavy atom. The SMILES string of the molecule is COC(=O)c1ccc(OCCSc2ncc(C(C)(C)c3ccc(OC)c(OC)c3)n2-c2ccc(F)cc2)cc1. The number of aromatic nitrogens is 2. The van der Waals surface area contributed by atoms with Crippen LogP contribution in [0.3, 0.4) is 0 Å². The normalized spacial score (nSPS) is 11.2. The van der Waals surface area contributed by atoms with Crippen LogP contribution >= 0.6 is 11.8 Å². The Morgan fingerprint density at radius 1 is 0.949 bits per heavy atom. The van der Waals surface area contributed by atoms with E-state index in [4.69, 9.17) is 23.9 Å². The third-order valence-corrected chi connectivity index (χ3v) is 7.34. The summed E-state index contributed by atoms with van der Waals surface area (Å²) in [7, 11) is 4.57. The minimum Gasteiger partial charge on any atom is -0.493 e. The molecule has 3 aromatic carbocycles. The Labute approximate surface area is 231 Å². The molecule has 0 saturated heterocycles. The number of imidazole rings is 1. The standard InChI is InChI=1S/C30H31FN2O5S/c1-30(2,21-8-15-25(35-3)26(18-21)36-4)27-19-32-29(33(27)23-11-9-22(31)10-12-23)39-17-16-38-24-13-6-20(7-14-24)28(34)37-5/h6-15,18-19H,16-17H2,1-5H3. The van der Waals surface area contributed by atoms with Gasteiger partial charge in [-0.05, 0) is 66.2 Å². The van der Waals surface area contributed by atoms with Gasteiger partial charge in [0.1, 0.15) is 11.6 Å². The molecule has 4 rings (SSSR count). The molecular weight excluding hydrogens is 519 g/mol. The quantitative estimate of drug-likeness (QED) is 0.123. The van der Waals surface area contributed by atoms with Gasteiger partial charge in [0.15, 0.2) is 16.7 Å². The van der Waals surface area contributed by atoms with Crippen molar-refractivity contribution in [2.45, 2.75) is 24.4 Å². The summed E-state index contributed by atoms with van der Waals surface area (Å²) in [4.78, 5) is 16.4. The lowest BCUT2D eigenvalue weighted by atomic mass is 9.81. The first-order valence-electron chi connectivity index (χ1n) is 12.3. The molecule has 0 unspecified atom stereocenters. The second-order valence-electron chi connectivity index (χ2n) is 9.15. The number of nitrogens with zero attached hydrogens (tertiary/aromatic N) is 2. The highest BCUT2D eigenvalue weighted by atomic mass is 32.2. The van der Waals surface area contributed by atoms with Crippen LogP contribution in [0.1, 0.15) is 35.5 Å². The summed E-state index contributed by atoms with van der Waals surface area (Å²) in [5.41, 5.74) is 2.74. The van der Waals surface area contributed by atoms with Crippen LogP contribution < -0.4 is 14.2 Å². The fourth-order valence-electron chi connectivity index (χ4n) is 4.19. The third-order valence-electron chi connectivity index (χ3n) is 6.42. The van der Waals surface area contributed by atoms with Crippen molar-refractivity contribution in [2.24, 2.45) is 0 Å². The molecule has 204 valence electrons. The lowest BCUT2D eigenvalue weighted by molar-refractivity contribution is 0.0600. The van der Waals surface area contributed by atoms with Gasteiger partial charge < -0.3 is 18.9 Å². The average molecular weight is 551 g/mol. The largest absolute Gasteiger partial charge is 0.493 e. The van der Waals surface area contributed by atoms with Gasteiger partial charge in [0.2, 0.25) is 0 Å². The van der Waals surface area contributed by atoms with Crippen molar-refractivity contribution < 1.29 is 28.1 Å². The van der Waals surface area contributed by atoms with E-state index in [0.717, 1.165) is 22.1 Å². The van der Waals surface area contributed by atoms with E-state index < -0.39 is 11.4 Å². The monoisotopic (exact) mass is 550 g/mol. The predicted octanol–water partition coefficient (Wildman–Crippen LogP) is 6.31. The Kier molecular flexibility index (Phi) is 8.81. The number of halogens is 1. The maximum Gasteiger partial charge on any atom is 0.337 e. The summed E-state index contributed by atoms with van der Waals surface area (Å²) in [6, 6.07) is 19.0. The zero-order valence-electron chi connectivity index (χ0n) is 22.6. The lowest BCUT2D eigenvalue weighted by Gasteiger charge is -2.28. The fraction of sp³-hybridized carbons (Fsp3) is 0.267. The molecule has 7 nitrogen and oxygen atoms in total. The number of hydrogen-bond donors (Lipinski definition) is 0. The Bertz CT molecular complexity index is 1420. The maximum absolute atomic E-state index is 13.8. The minimum atomic E-state index is -0.475. The summed E-state index contributed by atoms with van der Waals surface area (Å²) < 4.78 is 37.4. The zero-order valence-corrected chi connectivity index (χ0v) is 23.4. The van der Waals surface area contributed by atoms with E-state index in [1.165, 1.54) is 31.0 Å². The molecule has 1 aromatic heterocycles. The van der Waals surface area contributed by atoms with E-state index in [9.17, 15) is 9.18 Å². The molecule has 0 bridgehead atoms. The molecule has 0 saturated carbocycles. The molecule has 0 aliphatic heterocycles. The minimum absolute atomic E-state index is 0.305. The van der Waals surface area contributed by atoms with Crippen molar-refractivity contribution >= 4 is 17.7 Å². The number of rotatable bonds is 11. The van der Waals surface area contributed by atoms with Crippen molar-refractivity contribution in [2.75, 3.05) is 33.7 Å². The fourth-order valence-corrected chi connectivity index (χ4v) is 5.00. The topological polar surface area (TPSA) is 71.8 Å². The molecule has 0 spiro atoms. The Hall–Kier alpha value is -3.98.